The number of anilines is 1. The number of carbonyl (C=O) groups excluding carboxylic acids is 1. The number of hydrogen-bond donors (Lipinski definition) is 3. The Morgan fingerprint density at radius 3 is 2.92 bits per heavy atom. The van der Waals surface area contributed by atoms with Crippen LogP contribution in [-0.2, 0) is 7.05 Å². The van der Waals surface area contributed by atoms with Gasteiger partial charge in [-0.2, -0.15) is 20.5 Å². The van der Waals surface area contributed by atoms with Crippen LogP contribution in [0.2, 0.25) is 0 Å². The number of hydrogen-bond acceptors (Lipinski definition) is 5. The molecule has 1 unspecified atom stereocenters. The second-order valence-electron chi connectivity index (χ2n) is 6.51. The number of aromatic nitrogens is 5. The van der Waals surface area contributed by atoms with Crippen LogP contribution in [0.5, 0.6) is 0 Å². The van der Waals surface area contributed by atoms with Gasteiger partial charge in [0.1, 0.15) is 11.5 Å². The van der Waals surface area contributed by atoms with Crippen molar-refractivity contribution in [2.75, 3.05) is 11.9 Å². The molecule has 0 bridgehead atoms. The Morgan fingerprint density at radius 1 is 1.31 bits per heavy atom. The summed E-state index contributed by atoms with van der Waals surface area (Å²) in [6.07, 6.45) is 2.02. The van der Waals surface area contributed by atoms with Crippen LogP contribution in [-0.4, -0.2) is 37.6 Å². The molecule has 1 amide bonds. The van der Waals surface area contributed by atoms with Crippen LogP contribution in [0.3, 0.4) is 0 Å². The first-order valence-corrected chi connectivity index (χ1v) is 8.69. The highest BCUT2D eigenvalue weighted by Gasteiger charge is 2.26. The van der Waals surface area contributed by atoms with E-state index in [1.165, 1.54) is 0 Å². The maximum Gasteiger partial charge on any atom is 0.279 e. The van der Waals surface area contributed by atoms with Gasteiger partial charge in [-0.25, -0.2) is 0 Å². The number of H-pyrrole nitrogens is 1. The summed E-state index contributed by atoms with van der Waals surface area (Å²) in [4.78, 5) is 12.7. The van der Waals surface area contributed by atoms with E-state index in [-0.39, 0.29) is 11.9 Å². The van der Waals surface area contributed by atoms with Gasteiger partial charge in [0.15, 0.2) is 5.69 Å². The van der Waals surface area contributed by atoms with Crippen molar-refractivity contribution in [3.8, 4) is 11.3 Å². The SMILES string of the molecule is Cc1ccccc1-c1cc(NC(=O)c2n[nH]nc2C2CCCN2)n(C)n1. The fourth-order valence-electron chi connectivity index (χ4n) is 3.32. The van der Waals surface area contributed by atoms with Crippen LogP contribution in [0.15, 0.2) is 30.3 Å². The van der Waals surface area contributed by atoms with Gasteiger partial charge in [-0.3, -0.25) is 9.48 Å². The molecule has 3 aromatic rings. The molecule has 2 aromatic heterocycles. The molecule has 0 saturated carbocycles. The number of benzene rings is 1. The number of amides is 1. The third-order valence-corrected chi connectivity index (χ3v) is 4.72. The number of aryl methyl sites for hydroxylation is 2. The molecular formula is C18H21N7O. The van der Waals surface area contributed by atoms with Crippen LogP contribution in [0, 0.1) is 6.92 Å². The zero-order valence-corrected chi connectivity index (χ0v) is 14.8. The highest BCUT2D eigenvalue weighted by atomic mass is 16.2. The van der Waals surface area contributed by atoms with Crippen molar-refractivity contribution in [1.82, 2.24) is 30.5 Å². The minimum Gasteiger partial charge on any atom is -0.308 e. The van der Waals surface area contributed by atoms with Gasteiger partial charge in [0.05, 0.1) is 11.7 Å². The third-order valence-electron chi connectivity index (χ3n) is 4.72. The predicted molar refractivity (Wildman–Crippen MR) is 97.7 cm³/mol. The van der Waals surface area contributed by atoms with Gasteiger partial charge in [-0.1, -0.05) is 24.3 Å². The molecule has 1 aliphatic rings. The van der Waals surface area contributed by atoms with Crippen molar-refractivity contribution in [2.45, 2.75) is 25.8 Å². The quantitative estimate of drug-likeness (QED) is 0.669. The summed E-state index contributed by atoms with van der Waals surface area (Å²) in [7, 11) is 1.81. The third kappa shape index (κ3) is 2.99. The van der Waals surface area contributed by atoms with E-state index in [1.807, 2.05) is 37.3 Å². The van der Waals surface area contributed by atoms with E-state index in [0.29, 0.717) is 17.2 Å². The number of nitrogens with one attached hydrogen (secondary N) is 3. The molecule has 8 nitrogen and oxygen atoms in total. The lowest BCUT2D eigenvalue weighted by Gasteiger charge is -2.08. The van der Waals surface area contributed by atoms with Crippen molar-refractivity contribution in [3.05, 3.63) is 47.3 Å². The fraction of sp³-hybridized carbons (Fsp3) is 0.333. The van der Waals surface area contributed by atoms with Gasteiger partial charge in [0.2, 0.25) is 0 Å². The predicted octanol–water partition coefficient (Wildman–Crippen LogP) is 2.19. The topological polar surface area (TPSA) is 101 Å². The Morgan fingerprint density at radius 2 is 2.15 bits per heavy atom. The average Bonchev–Trinajstić information content (AvgIpc) is 3.35. The van der Waals surface area contributed by atoms with Crippen LogP contribution in [0.25, 0.3) is 11.3 Å². The van der Waals surface area contributed by atoms with Crippen LogP contribution < -0.4 is 10.6 Å². The molecule has 1 fully saturated rings. The van der Waals surface area contributed by atoms with E-state index < -0.39 is 0 Å². The van der Waals surface area contributed by atoms with E-state index in [0.717, 1.165) is 36.2 Å². The van der Waals surface area contributed by atoms with Crippen molar-refractivity contribution in [2.24, 2.45) is 7.05 Å². The average molecular weight is 351 g/mol. The first-order chi connectivity index (χ1) is 12.6. The summed E-state index contributed by atoms with van der Waals surface area (Å²) in [5.74, 6) is 0.323. The second kappa shape index (κ2) is 6.72. The van der Waals surface area contributed by atoms with E-state index in [2.05, 4.69) is 31.1 Å². The zero-order valence-electron chi connectivity index (χ0n) is 14.8. The standard InChI is InChI=1S/C18H21N7O/c1-11-6-3-4-7-12(11)14-10-15(25(2)23-14)20-18(26)17-16(21-24-22-17)13-8-5-9-19-13/h3-4,6-7,10,13,19H,5,8-9H2,1-2H3,(H,20,26)(H,21,22,24). The highest BCUT2D eigenvalue weighted by Crippen LogP contribution is 2.26. The van der Waals surface area contributed by atoms with E-state index in [4.69, 9.17) is 0 Å². The summed E-state index contributed by atoms with van der Waals surface area (Å²) >= 11 is 0. The Bertz CT molecular complexity index is 937. The van der Waals surface area contributed by atoms with Gasteiger partial charge in [0.25, 0.3) is 5.91 Å². The zero-order chi connectivity index (χ0) is 18.1. The van der Waals surface area contributed by atoms with Crippen molar-refractivity contribution < 1.29 is 4.79 Å². The first-order valence-electron chi connectivity index (χ1n) is 8.69. The fourth-order valence-corrected chi connectivity index (χ4v) is 3.32. The molecule has 3 heterocycles. The molecule has 4 rings (SSSR count). The molecule has 8 heteroatoms. The largest absolute Gasteiger partial charge is 0.308 e. The molecule has 3 N–H and O–H groups in total. The molecule has 0 radical (unpaired) electrons. The smallest absolute Gasteiger partial charge is 0.279 e. The van der Waals surface area contributed by atoms with Gasteiger partial charge in [-0.15, -0.1) is 0 Å². The van der Waals surface area contributed by atoms with Crippen LogP contribution >= 0.6 is 0 Å². The maximum absolute atomic E-state index is 12.7. The lowest BCUT2D eigenvalue weighted by molar-refractivity contribution is 0.101. The van der Waals surface area contributed by atoms with Crippen LogP contribution in [0.1, 0.15) is 40.6 Å². The molecular weight excluding hydrogens is 330 g/mol. The summed E-state index contributed by atoms with van der Waals surface area (Å²) in [6, 6.07) is 9.97. The van der Waals surface area contributed by atoms with E-state index >= 15 is 0 Å². The normalized spacial score (nSPS) is 16.8. The molecule has 26 heavy (non-hydrogen) atoms. The van der Waals surface area contributed by atoms with Gasteiger partial charge < -0.3 is 10.6 Å². The van der Waals surface area contributed by atoms with Gasteiger partial charge in [0, 0.05) is 18.7 Å². The molecule has 1 atom stereocenters. The summed E-state index contributed by atoms with van der Waals surface area (Å²) in [5.41, 5.74) is 3.98. The van der Waals surface area contributed by atoms with Crippen LogP contribution in [0.4, 0.5) is 5.82 Å². The molecule has 134 valence electrons. The lowest BCUT2D eigenvalue weighted by atomic mass is 10.1. The second-order valence-corrected chi connectivity index (χ2v) is 6.51. The number of carbonyl (C=O) groups is 1. The van der Waals surface area contributed by atoms with Gasteiger partial charge >= 0.3 is 0 Å². The maximum atomic E-state index is 12.7. The van der Waals surface area contributed by atoms with E-state index in [1.54, 1.807) is 11.7 Å². The Balaban J connectivity index is 1.58. The lowest BCUT2D eigenvalue weighted by Crippen LogP contribution is -2.21. The number of aromatic amines is 1. The van der Waals surface area contributed by atoms with Crippen molar-refractivity contribution >= 4 is 11.7 Å². The van der Waals surface area contributed by atoms with Crippen molar-refractivity contribution in [1.29, 1.82) is 0 Å². The molecule has 1 aromatic carbocycles. The Hall–Kier alpha value is -3.00. The molecule has 1 saturated heterocycles. The first kappa shape index (κ1) is 16.5. The monoisotopic (exact) mass is 351 g/mol. The molecule has 0 aliphatic carbocycles. The Kier molecular flexibility index (Phi) is 4.26. The molecule has 0 spiro atoms. The Labute approximate surface area is 151 Å². The summed E-state index contributed by atoms with van der Waals surface area (Å²) in [6.45, 7) is 2.97. The minimum atomic E-state index is -0.290. The summed E-state index contributed by atoms with van der Waals surface area (Å²) in [5, 5.41) is 21.5. The number of nitrogens with zero attached hydrogens (tertiary/aromatic N) is 4. The highest BCUT2D eigenvalue weighted by molar-refractivity contribution is 6.03. The summed E-state index contributed by atoms with van der Waals surface area (Å²) < 4.78 is 1.66. The molecule has 1 aliphatic heterocycles. The number of rotatable bonds is 4. The van der Waals surface area contributed by atoms with Gasteiger partial charge in [-0.05, 0) is 31.9 Å². The van der Waals surface area contributed by atoms with Crippen molar-refractivity contribution in [3.63, 3.8) is 0 Å². The minimum absolute atomic E-state index is 0.0727. The van der Waals surface area contributed by atoms with E-state index in [9.17, 15) is 4.79 Å².